The summed E-state index contributed by atoms with van der Waals surface area (Å²) in [5, 5.41) is 0. The normalized spacial score (nSPS) is 26.4. The van der Waals surface area contributed by atoms with Crippen LogP contribution in [0.25, 0.3) is 0 Å². The van der Waals surface area contributed by atoms with Gasteiger partial charge in [-0.3, -0.25) is 4.79 Å². The van der Waals surface area contributed by atoms with E-state index in [4.69, 9.17) is 4.74 Å². The van der Waals surface area contributed by atoms with Gasteiger partial charge in [0.2, 0.25) is 0 Å². The Morgan fingerprint density at radius 1 is 1.25 bits per heavy atom. The minimum Gasteiger partial charge on any atom is -0.372 e. The maximum absolute atomic E-state index is 11.5. The van der Waals surface area contributed by atoms with Crippen molar-refractivity contribution in [3.8, 4) is 0 Å². The fraction of sp³-hybridized carbons (Fsp3) is 0.500. The molecule has 0 N–H and O–H groups in total. The number of carbonyl (C=O) groups excluding carboxylic acids is 1. The smallest absolute Gasteiger partial charge is 0.139 e. The monoisotopic (exact) mass is 216 g/mol. The molecule has 1 aliphatic carbocycles. The Labute approximate surface area is 95.6 Å². The van der Waals surface area contributed by atoms with E-state index in [9.17, 15) is 4.79 Å². The third-order valence-corrected chi connectivity index (χ3v) is 4.13. The van der Waals surface area contributed by atoms with Crippen molar-refractivity contribution in [1.29, 1.82) is 0 Å². The van der Waals surface area contributed by atoms with Gasteiger partial charge in [0.1, 0.15) is 5.78 Å². The fourth-order valence-corrected chi connectivity index (χ4v) is 2.71. The molecule has 16 heavy (non-hydrogen) atoms. The van der Waals surface area contributed by atoms with Crippen LogP contribution in [0.5, 0.6) is 0 Å². The lowest BCUT2D eigenvalue weighted by molar-refractivity contribution is -0.137. The molecule has 1 aromatic rings. The molecule has 1 aliphatic heterocycles. The summed E-state index contributed by atoms with van der Waals surface area (Å²) in [4.78, 5) is 11.5. The first-order valence-corrected chi connectivity index (χ1v) is 5.82. The molecule has 3 rings (SSSR count). The molecule has 0 radical (unpaired) electrons. The number of fused-ring (bicyclic) bond motifs is 1. The second kappa shape index (κ2) is 3.17. The Morgan fingerprint density at radius 3 is 2.69 bits per heavy atom. The minimum atomic E-state index is -0.173. The topological polar surface area (TPSA) is 26.3 Å². The first kappa shape index (κ1) is 10.0. The van der Waals surface area contributed by atoms with Crippen molar-refractivity contribution in [2.24, 2.45) is 5.41 Å². The summed E-state index contributed by atoms with van der Waals surface area (Å²) in [6.07, 6.45) is 0.701. The molecule has 0 aromatic heterocycles. The molecular formula is C14H16O2. The molecule has 1 atom stereocenters. The number of ketones is 1. The van der Waals surface area contributed by atoms with Gasteiger partial charge in [0.25, 0.3) is 0 Å². The molecule has 84 valence electrons. The first-order chi connectivity index (χ1) is 7.59. The average Bonchev–Trinajstić information content (AvgIpc) is 2.72. The minimum absolute atomic E-state index is 0.173. The summed E-state index contributed by atoms with van der Waals surface area (Å²) < 4.78 is 5.41. The second-order valence-corrected chi connectivity index (χ2v) is 5.42. The van der Waals surface area contributed by atoms with Crippen molar-refractivity contribution in [2.75, 3.05) is 0 Å². The van der Waals surface area contributed by atoms with Crippen LogP contribution in [0.4, 0.5) is 0 Å². The maximum Gasteiger partial charge on any atom is 0.139 e. The number of hydrogen-bond acceptors (Lipinski definition) is 2. The number of rotatable bonds is 1. The zero-order valence-corrected chi connectivity index (χ0v) is 9.75. The predicted octanol–water partition coefficient (Wildman–Crippen LogP) is 2.80. The van der Waals surface area contributed by atoms with Crippen LogP contribution in [-0.4, -0.2) is 5.78 Å². The number of benzene rings is 1. The Morgan fingerprint density at radius 2 is 2.00 bits per heavy atom. The molecule has 0 spiro atoms. The summed E-state index contributed by atoms with van der Waals surface area (Å²) >= 11 is 0. The van der Waals surface area contributed by atoms with Crippen LogP contribution in [0.15, 0.2) is 18.2 Å². The molecule has 1 fully saturated rings. The molecule has 1 aromatic carbocycles. The molecule has 0 amide bonds. The number of carbonyl (C=O) groups is 1. The molecule has 2 heteroatoms. The lowest BCUT2D eigenvalue weighted by atomic mass is 9.59. The maximum atomic E-state index is 11.5. The van der Waals surface area contributed by atoms with Crippen LogP contribution in [0.3, 0.4) is 0 Å². The molecule has 1 unspecified atom stereocenters. The van der Waals surface area contributed by atoms with E-state index in [0.717, 1.165) is 13.2 Å². The van der Waals surface area contributed by atoms with Gasteiger partial charge in [-0.15, -0.1) is 0 Å². The van der Waals surface area contributed by atoms with Crippen LogP contribution >= 0.6 is 0 Å². The molecule has 2 aliphatic rings. The largest absolute Gasteiger partial charge is 0.372 e. The summed E-state index contributed by atoms with van der Waals surface area (Å²) in [6.45, 7) is 5.56. The van der Waals surface area contributed by atoms with E-state index in [1.807, 2.05) is 13.8 Å². The Bertz CT molecular complexity index is 460. The van der Waals surface area contributed by atoms with Crippen LogP contribution in [0, 0.1) is 5.41 Å². The molecule has 2 nitrogen and oxygen atoms in total. The summed E-state index contributed by atoms with van der Waals surface area (Å²) in [5.41, 5.74) is 3.72. The van der Waals surface area contributed by atoms with E-state index in [-0.39, 0.29) is 5.41 Å². The number of hydrogen-bond donors (Lipinski definition) is 0. The van der Waals surface area contributed by atoms with Crippen molar-refractivity contribution in [3.63, 3.8) is 0 Å². The van der Waals surface area contributed by atoms with E-state index in [0.29, 0.717) is 18.1 Å². The van der Waals surface area contributed by atoms with E-state index in [1.165, 1.54) is 16.7 Å². The third kappa shape index (κ3) is 1.26. The van der Waals surface area contributed by atoms with Gasteiger partial charge in [0, 0.05) is 17.8 Å². The molecule has 0 bridgehead atoms. The molecular weight excluding hydrogens is 200 g/mol. The van der Waals surface area contributed by atoms with E-state index >= 15 is 0 Å². The van der Waals surface area contributed by atoms with Crippen molar-refractivity contribution in [3.05, 3.63) is 34.9 Å². The second-order valence-electron chi connectivity index (χ2n) is 5.42. The summed E-state index contributed by atoms with van der Waals surface area (Å²) in [7, 11) is 0. The lowest BCUT2D eigenvalue weighted by Gasteiger charge is -2.43. The van der Waals surface area contributed by atoms with Gasteiger partial charge in [-0.2, -0.15) is 0 Å². The van der Waals surface area contributed by atoms with Crippen molar-refractivity contribution >= 4 is 5.78 Å². The Hall–Kier alpha value is -1.15. The highest BCUT2D eigenvalue weighted by atomic mass is 16.5. The number of ether oxygens (including phenoxy) is 1. The number of Topliss-reactive ketones (excluding diaryl/α,β-unsaturated/α-hetero) is 1. The summed E-state index contributed by atoms with van der Waals surface area (Å²) in [5.74, 6) is 0.778. The standard InChI is InChI=1S/C14H16O2/c1-14(2)12(6-13(14)15)9-3-4-10-7-16-8-11(10)5-9/h3-5,12H,6-8H2,1-2H3. The summed E-state index contributed by atoms with van der Waals surface area (Å²) in [6, 6.07) is 6.53. The van der Waals surface area contributed by atoms with Crippen LogP contribution in [-0.2, 0) is 22.7 Å². The fourth-order valence-electron chi connectivity index (χ4n) is 2.71. The van der Waals surface area contributed by atoms with E-state index in [2.05, 4.69) is 18.2 Å². The molecule has 0 saturated heterocycles. The zero-order chi connectivity index (χ0) is 11.3. The third-order valence-electron chi connectivity index (χ3n) is 4.13. The predicted molar refractivity (Wildman–Crippen MR) is 61.1 cm³/mol. The zero-order valence-electron chi connectivity index (χ0n) is 9.75. The van der Waals surface area contributed by atoms with Gasteiger partial charge < -0.3 is 4.74 Å². The van der Waals surface area contributed by atoms with E-state index < -0.39 is 0 Å². The van der Waals surface area contributed by atoms with Gasteiger partial charge in [-0.1, -0.05) is 32.0 Å². The van der Waals surface area contributed by atoms with Crippen LogP contribution in [0.2, 0.25) is 0 Å². The van der Waals surface area contributed by atoms with Crippen molar-refractivity contribution in [1.82, 2.24) is 0 Å². The van der Waals surface area contributed by atoms with Gasteiger partial charge >= 0.3 is 0 Å². The van der Waals surface area contributed by atoms with Gasteiger partial charge in [0.05, 0.1) is 13.2 Å². The Balaban J connectivity index is 1.94. The highest BCUT2D eigenvalue weighted by Crippen LogP contribution is 2.49. The SMILES string of the molecule is CC1(C)C(=O)CC1c1ccc2c(c1)COC2. The Kier molecular flexibility index (Phi) is 1.99. The molecule has 1 heterocycles. The quantitative estimate of drug-likeness (QED) is 0.721. The average molecular weight is 216 g/mol. The van der Waals surface area contributed by atoms with Crippen LogP contribution in [0.1, 0.15) is 42.9 Å². The van der Waals surface area contributed by atoms with Crippen molar-refractivity contribution < 1.29 is 9.53 Å². The van der Waals surface area contributed by atoms with Gasteiger partial charge in [-0.05, 0) is 16.7 Å². The highest BCUT2D eigenvalue weighted by Gasteiger charge is 2.47. The van der Waals surface area contributed by atoms with Crippen molar-refractivity contribution in [2.45, 2.75) is 39.4 Å². The van der Waals surface area contributed by atoms with E-state index in [1.54, 1.807) is 0 Å². The van der Waals surface area contributed by atoms with Gasteiger partial charge in [0.15, 0.2) is 0 Å². The lowest BCUT2D eigenvalue weighted by Crippen LogP contribution is -2.43. The first-order valence-electron chi connectivity index (χ1n) is 5.82. The van der Waals surface area contributed by atoms with Crippen LogP contribution < -0.4 is 0 Å². The highest BCUT2D eigenvalue weighted by molar-refractivity contribution is 5.92. The van der Waals surface area contributed by atoms with Gasteiger partial charge in [-0.25, -0.2) is 0 Å². The molecule has 1 saturated carbocycles.